The van der Waals surface area contributed by atoms with E-state index in [1.54, 1.807) is 6.07 Å². The van der Waals surface area contributed by atoms with Gasteiger partial charge in [0.15, 0.2) is 5.82 Å². The number of hydrogen-bond donors (Lipinski definition) is 0. The molecular weight excluding hydrogens is 262 g/mol. The highest BCUT2D eigenvalue weighted by Crippen LogP contribution is 2.20. The molecule has 0 fully saturated rings. The van der Waals surface area contributed by atoms with Crippen LogP contribution in [0.5, 0.6) is 0 Å². The number of nitrogens with zero attached hydrogens (tertiary/aromatic N) is 3. The Hall–Kier alpha value is -0.870. The van der Waals surface area contributed by atoms with Crippen molar-refractivity contribution in [3.63, 3.8) is 0 Å². The molecule has 0 spiro atoms. The number of ether oxygens (including phenoxy) is 1. The molecule has 1 rings (SSSR count). The second-order valence-electron chi connectivity index (χ2n) is 5.19. The molecule has 0 aliphatic carbocycles. The smallest absolute Gasteiger partial charge is 0.158 e. The predicted octanol–water partition coefficient (Wildman–Crippen LogP) is 3.54. The van der Waals surface area contributed by atoms with Gasteiger partial charge in [0.05, 0.1) is 0 Å². The third-order valence-electron chi connectivity index (χ3n) is 3.00. The number of hydrogen-bond acceptors (Lipinski definition) is 4. The maximum Gasteiger partial charge on any atom is 0.158 e. The van der Waals surface area contributed by atoms with Gasteiger partial charge in [0.1, 0.15) is 17.6 Å². The summed E-state index contributed by atoms with van der Waals surface area (Å²) in [5.41, 5.74) is 0. The highest BCUT2D eigenvalue weighted by Gasteiger charge is 2.14. The first-order valence-electron chi connectivity index (χ1n) is 6.78. The van der Waals surface area contributed by atoms with Gasteiger partial charge in [-0.1, -0.05) is 25.4 Å². The second kappa shape index (κ2) is 7.65. The van der Waals surface area contributed by atoms with Crippen molar-refractivity contribution in [2.45, 2.75) is 46.8 Å². The Morgan fingerprint density at radius 3 is 2.58 bits per heavy atom. The minimum absolute atomic E-state index is 0.399. The van der Waals surface area contributed by atoms with Gasteiger partial charge in [-0.25, -0.2) is 9.97 Å². The van der Waals surface area contributed by atoms with Crippen LogP contribution in [0, 0.1) is 5.92 Å². The molecule has 1 aromatic heterocycles. The molecule has 0 saturated heterocycles. The Morgan fingerprint density at radius 2 is 2.00 bits per heavy atom. The van der Waals surface area contributed by atoms with Gasteiger partial charge in [0.25, 0.3) is 0 Å². The van der Waals surface area contributed by atoms with Gasteiger partial charge < -0.3 is 9.64 Å². The summed E-state index contributed by atoms with van der Waals surface area (Å²) in [6.45, 7) is 9.62. The lowest BCUT2D eigenvalue weighted by molar-refractivity contribution is 0.128. The van der Waals surface area contributed by atoms with E-state index in [2.05, 4.69) is 35.6 Å². The fourth-order valence-corrected chi connectivity index (χ4v) is 2.15. The zero-order valence-electron chi connectivity index (χ0n) is 12.5. The average molecular weight is 286 g/mol. The lowest BCUT2D eigenvalue weighted by Gasteiger charge is -2.27. The summed E-state index contributed by atoms with van der Waals surface area (Å²) in [4.78, 5) is 10.8. The first kappa shape index (κ1) is 16.2. The van der Waals surface area contributed by atoms with Crippen molar-refractivity contribution in [3.8, 4) is 0 Å². The Kier molecular flexibility index (Phi) is 6.52. The average Bonchev–Trinajstić information content (AvgIpc) is 2.33. The highest BCUT2D eigenvalue weighted by molar-refractivity contribution is 6.29. The molecule has 1 heterocycles. The molecule has 4 nitrogen and oxygen atoms in total. The zero-order chi connectivity index (χ0) is 14.4. The summed E-state index contributed by atoms with van der Waals surface area (Å²) in [6.07, 6.45) is 1.11. The number of aromatic nitrogens is 2. The van der Waals surface area contributed by atoms with Crippen LogP contribution in [0.2, 0.25) is 5.15 Å². The summed E-state index contributed by atoms with van der Waals surface area (Å²) in [7, 11) is 2.04. The monoisotopic (exact) mass is 285 g/mol. The molecule has 0 aromatic carbocycles. The number of halogens is 1. The molecule has 108 valence electrons. The Morgan fingerprint density at radius 1 is 1.32 bits per heavy atom. The normalized spacial score (nSPS) is 12.8. The fraction of sp³-hybridized carbons (Fsp3) is 0.714. The molecule has 0 aliphatic rings. The Bertz CT molecular complexity index is 398. The molecule has 5 heteroatoms. The van der Waals surface area contributed by atoms with E-state index >= 15 is 0 Å². The SMILES string of the molecule is CCOCc1nc(Cl)cc(N(C)C(C)CC(C)C)n1. The van der Waals surface area contributed by atoms with E-state index in [1.165, 1.54) is 0 Å². The van der Waals surface area contributed by atoms with Crippen molar-refractivity contribution >= 4 is 17.4 Å². The van der Waals surface area contributed by atoms with E-state index < -0.39 is 0 Å². The van der Waals surface area contributed by atoms with E-state index in [9.17, 15) is 0 Å². The maximum atomic E-state index is 6.05. The molecular formula is C14H24ClN3O. The zero-order valence-corrected chi connectivity index (χ0v) is 13.2. The quantitative estimate of drug-likeness (QED) is 0.718. The van der Waals surface area contributed by atoms with Crippen LogP contribution in [0.25, 0.3) is 0 Å². The van der Waals surface area contributed by atoms with E-state index in [1.807, 2.05) is 14.0 Å². The minimum atomic E-state index is 0.399. The van der Waals surface area contributed by atoms with Crippen molar-refractivity contribution < 1.29 is 4.74 Å². The van der Waals surface area contributed by atoms with Gasteiger partial charge >= 0.3 is 0 Å². The molecule has 0 radical (unpaired) electrons. The third-order valence-corrected chi connectivity index (χ3v) is 3.19. The van der Waals surface area contributed by atoms with Crippen LogP contribution in [0.1, 0.15) is 39.9 Å². The van der Waals surface area contributed by atoms with Crippen molar-refractivity contribution in [2.24, 2.45) is 5.92 Å². The lowest BCUT2D eigenvalue weighted by atomic mass is 10.0. The van der Waals surface area contributed by atoms with Gasteiger partial charge in [0.2, 0.25) is 0 Å². The van der Waals surface area contributed by atoms with Crippen molar-refractivity contribution in [1.82, 2.24) is 9.97 Å². The summed E-state index contributed by atoms with van der Waals surface area (Å²) in [6, 6.07) is 2.21. The molecule has 1 unspecified atom stereocenters. The largest absolute Gasteiger partial charge is 0.374 e. The lowest BCUT2D eigenvalue weighted by Crippen LogP contribution is -2.31. The van der Waals surface area contributed by atoms with E-state index in [0.717, 1.165) is 12.2 Å². The molecule has 0 saturated carbocycles. The Balaban J connectivity index is 2.83. The number of rotatable bonds is 7. The van der Waals surface area contributed by atoms with Crippen molar-refractivity contribution in [2.75, 3.05) is 18.6 Å². The van der Waals surface area contributed by atoms with Gasteiger partial charge in [-0.3, -0.25) is 0 Å². The highest BCUT2D eigenvalue weighted by atomic mass is 35.5. The van der Waals surface area contributed by atoms with E-state index in [4.69, 9.17) is 16.3 Å². The van der Waals surface area contributed by atoms with Gasteiger partial charge in [-0.05, 0) is 26.2 Å². The summed E-state index contributed by atoms with van der Waals surface area (Å²) in [5.74, 6) is 2.13. The van der Waals surface area contributed by atoms with Crippen LogP contribution in [-0.4, -0.2) is 29.7 Å². The first-order chi connectivity index (χ1) is 8.93. The van der Waals surface area contributed by atoms with Crippen LogP contribution in [0.4, 0.5) is 5.82 Å². The first-order valence-corrected chi connectivity index (χ1v) is 7.15. The minimum Gasteiger partial charge on any atom is -0.374 e. The van der Waals surface area contributed by atoms with Crippen LogP contribution in [0.3, 0.4) is 0 Å². The van der Waals surface area contributed by atoms with Crippen LogP contribution >= 0.6 is 11.6 Å². The van der Waals surface area contributed by atoms with Gasteiger partial charge in [-0.15, -0.1) is 0 Å². The standard InChI is InChI=1S/C14H24ClN3O/c1-6-19-9-13-16-12(15)8-14(17-13)18(5)11(4)7-10(2)3/h8,10-11H,6-7,9H2,1-5H3. The van der Waals surface area contributed by atoms with Crippen LogP contribution < -0.4 is 4.90 Å². The molecule has 0 N–H and O–H groups in total. The maximum absolute atomic E-state index is 6.05. The fourth-order valence-electron chi connectivity index (χ4n) is 1.96. The second-order valence-corrected chi connectivity index (χ2v) is 5.58. The molecule has 19 heavy (non-hydrogen) atoms. The van der Waals surface area contributed by atoms with E-state index in [0.29, 0.717) is 36.2 Å². The Labute approximate surface area is 121 Å². The van der Waals surface area contributed by atoms with Gasteiger partial charge in [0, 0.05) is 25.8 Å². The predicted molar refractivity (Wildman–Crippen MR) is 79.7 cm³/mol. The molecule has 0 aliphatic heterocycles. The van der Waals surface area contributed by atoms with Crippen LogP contribution in [-0.2, 0) is 11.3 Å². The van der Waals surface area contributed by atoms with Gasteiger partial charge in [-0.2, -0.15) is 0 Å². The van der Waals surface area contributed by atoms with Crippen molar-refractivity contribution in [1.29, 1.82) is 0 Å². The number of anilines is 1. The molecule has 0 amide bonds. The molecule has 0 bridgehead atoms. The summed E-state index contributed by atoms with van der Waals surface area (Å²) >= 11 is 6.05. The molecule has 1 atom stereocenters. The molecule has 1 aromatic rings. The van der Waals surface area contributed by atoms with Crippen molar-refractivity contribution in [3.05, 3.63) is 17.0 Å². The third kappa shape index (κ3) is 5.33. The summed E-state index contributed by atoms with van der Waals surface area (Å²) in [5, 5.41) is 0.461. The topological polar surface area (TPSA) is 38.2 Å². The van der Waals surface area contributed by atoms with E-state index in [-0.39, 0.29) is 0 Å². The van der Waals surface area contributed by atoms with Crippen LogP contribution in [0.15, 0.2) is 6.07 Å². The summed E-state index contributed by atoms with van der Waals surface area (Å²) < 4.78 is 5.33.